The van der Waals surface area contributed by atoms with Crippen molar-refractivity contribution in [1.29, 1.82) is 0 Å². The Morgan fingerprint density at radius 1 is 1.21 bits per heavy atom. The lowest BCUT2D eigenvalue weighted by atomic mass is 9.78. The van der Waals surface area contributed by atoms with E-state index in [4.69, 9.17) is 5.21 Å². The van der Waals surface area contributed by atoms with Gasteiger partial charge in [-0.05, 0) is 17.9 Å². The highest BCUT2D eigenvalue weighted by molar-refractivity contribution is 5.90. The number of rotatable bonds is 2. The molecule has 0 radical (unpaired) electrons. The highest BCUT2D eigenvalue weighted by Crippen LogP contribution is 2.34. The average Bonchev–Trinajstić information content (AvgIpc) is 2.48. The maximum absolute atomic E-state index is 9.00. The van der Waals surface area contributed by atoms with Crippen molar-refractivity contribution in [3.05, 3.63) is 66.5 Å². The van der Waals surface area contributed by atoms with E-state index in [0.29, 0.717) is 0 Å². The van der Waals surface area contributed by atoms with Gasteiger partial charge in [-0.2, -0.15) is 0 Å². The van der Waals surface area contributed by atoms with Gasteiger partial charge < -0.3 is 5.21 Å². The predicted molar refractivity (Wildman–Crippen MR) is 76.6 cm³/mol. The lowest BCUT2D eigenvalue weighted by Gasteiger charge is -2.27. The molecule has 1 aromatic heterocycles. The van der Waals surface area contributed by atoms with Gasteiger partial charge in [0.2, 0.25) is 0 Å². The number of allylic oxidation sites excluding steroid dienone is 4. The molecule has 1 aliphatic rings. The lowest BCUT2D eigenvalue weighted by Crippen LogP contribution is -2.27. The van der Waals surface area contributed by atoms with Crippen LogP contribution in [0.2, 0.25) is 0 Å². The van der Waals surface area contributed by atoms with Crippen molar-refractivity contribution in [3.63, 3.8) is 0 Å². The smallest absolute Gasteiger partial charge is 0.0734 e. The Labute approximate surface area is 111 Å². The molecular formula is C16H14N2O. The normalized spacial score (nSPS) is 22.3. The largest absolute Gasteiger partial charge is 0.411 e. The summed E-state index contributed by atoms with van der Waals surface area (Å²) in [5.41, 5.74) is 0.452. The fourth-order valence-electron chi connectivity index (χ4n) is 2.56. The van der Waals surface area contributed by atoms with E-state index in [0.717, 1.165) is 22.9 Å². The highest BCUT2D eigenvalue weighted by atomic mass is 16.4. The number of nitrogens with zero attached hydrogens (tertiary/aromatic N) is 2. The summed E-state index contributed by atoms with van der Waals surface area (Å²) in [4.78, 5) is 4.53. The number of hydrogen-bond acceptors (Lipinski definition) is 3. The highest BCUT2D eigenvalue weighted by Gasteiger charge is 2.31. The standard InChI is InChI=1S/C16H14N2O/c19-18-12-16(9-4-1-5-10-16)15-14-7-3-2-6-13(14)8-11-17-15/h1-9,11-12,19H,10H2/t16-/m0/s1. The van der Waals surface area contributed by atoms with Crippen LogP contribution in [0.3, 0.4) is 0 Å². The number of benzene rings is 1. The van der Waals surface area contributed by atoms with Crippen molar-refractivity contribution in [2.24, 2.45) is 5.16 Å². The van der Waals surface area contributed by atoms with Crippen LogP contribution in [0, 0.1) is 0 Å². The summed E-state index contributed by atoms with van der Waals surface area (Å²) in [7, 11) is 0. The summed E-state index contributed by atoms with van der Waals surface area (Å²) in [5.74, 6) is 0. The third-order valence-electron chi connectivity index (χ3n) is 3.50. The third-order valence-corrected chi connectivity index (χ3v) is 3.50. The van der Waals surface area contributed by atoms with Gasteiger partial charge in [-0.25, -0.2) is 0 Å². The van der Waals surface area contributed by atoms with Gasteiger partial charge >= 0.3 is 0 Å². The quantitative estimate of drug-likeness (QED) is 0.504. The van der Waals surface area contributed by atoms with Crippen molar-refractivity contribution in [3.8, 4) is 0 Å². The third kappa shape index (κ3) is 1.93. The van der Waals surface area contributed by atoms with E-state index in [1.165, 1.54) is 0 Å². The van der Waals surface area contributed by atoms with Crippen LogP contribution in [0.5, 0.6) is 0 Å². The van der Waals surface area contributed by atoms with Gasteiger partial charge in [0.05, 0.1) is 17.3 Å². The maximum atomic E-state index is 9.00. The van der Waals surface area contributed by atoms with Crippen LogP contribution in [0.1, 0.15) is 12.1 Å². The van der Waals surface area contributed by atoms with Crippen molar-refractivity contribution in [2.45, 2.75) is 11.8 Å². The van der Waals surface area contributed by atoms with Crippen LogP contribution in [0.25, 0.3) is 10.8 Å². The minimum Gasteiger partial charge on any atom is -0.411 e. The lowest BCUT2D eigenvalue weighted by molar-refractivity contribution is 0.318. The molecule has 0 amide bonds. The Hall–Kier alpha value is -2.42. The molecule has 0 saturated carbocycles. The number of hydrogen-bond donors (Lipinski definition) is 1. The zero-order chi connectivity index (χ0) is 13.1. The van der Waals surface area contributed by atoms with Crippen molar-refractivity contribution < 1.29 is 5.21 Å². The van der Waals surface area contributed by atoms with E-state index >= 15 is 0 Å². The first-order valence-corrected chi connectivity index (χ1v) is 6.23. The van der Waals surface area contributed by atoms with E-state index in [9.17, 15) is 0 Å². The molecule has 2 aromatic rings. The van der Waals surface area contributed by atoms with Gasteiger partial charge in [0, 0.05) is 11.6 Å². The first kappa shape index (κ1) is 11.7. The van der Waals surface area contributed by atoms with Crippen LogP contribution in [-0.4, -0.2) is 16.4 Å². The van der Waals surface area contributed by atoms with Crippen molar-refractivity contribution >= 4 is 17.0 Å². The number of pyridine rings is 1. The Kier molecular flexibility index (Phi) is 2.88. The minimum absolute atomic E-state index is 0.468. The molecule has 19 heavy (non-hydrogen) atoms. The van der Waals surface area contributed by atoms with E-state index in [2.05, 4.69) is 28.3 Å². The fourth-order valence-corrected chi connectivity index (χ4v) is 2.56. The van der Waals surface area contributed by atoms with E-state index < -0.39 is 5.41 Å². The Morgan fingerprint density at radius 2 is 2.11 bits per heavy atom. The zero-order valence-corrected chi connectivity index (χ0v) is 10.4. The molecule has 1 heterocycles. The molecule has 1 aromatic carbocycles. The summed E-state index contributed by atoms with van der Waals surface area (Å²) in [6, 6.07) is 10.1. The Balaban J connectivity index is 2.27. The summed E-state index contributed by atoms with van der Waals surface area (Å²) in [6.45, 7) is 0. The molecule has 1 aliphatic carbocycles. The first-order chi connectivity index (χ1) is 9.36. The molecule has 0 aliphatic heterocycles. The zero-order valence-electron chi connectivity index (χ0n) is 10.4. The maximum Gasteiger partial charge on any atom is 0.0734 e. The van der Waals surface area contributed by atoms with Gasteiger partial charge in [-0.1, -0.05) is 48.6 Å². The van der Waals surface area contributed by atoms with E-state index in [-0.39, 0.29) is 0 Å². The van der Waals surface area contributed by atoms with Crippen LogP contribution in [0.15, 0.2) is 66.0 Å². The monoisotopic (exact) mass is 250 g/mol. The second-order valence-corrected chi connectivity index (χ2v) is 4.66. The summed E-state index contributed by atoms with van der Waals surface area (Å²) >= 11 is 0. The fraction of sp³-hybridized carbons (Fsp3) is 0.125. The van der Waals surface area contributed by atoms with Crippen molar-refractivity contribution in [1.82, 2.24) is 4.98 Å². The number of oxime groups is 1. The predicted octanol–water partition coefficient (Wildman–Crippen LogP) is 3.45. The molecular weight excluding hydrogens is 236 g/mol. The topological polar surface area (TPSA) is 45.5 Å². The second-order valence-electron chi connectivity index (χ2n) is 4.66. The van der Waals surface area contributed by atoms with E-state index in [1.807, 2.05) is 36.4 Å². The molecule has 0 fully saturated rings. The van der Waals surface area contributed by atoms with E-state index in [1.54, 1.807) is 12.4 Å². The summed E-state index contributed by atoms with van der Waals surface area (Å²) in [5, 5.41) is 14.5. The summed E-state index contributed by atoms with van der Waals surface area (Å²) in [6.07, 6.45) is 12.2. The van der Waals surface area contributed by atoms with Crippen LogP contribution >= 0.6 is 0 Å². The van der Waals surface area contributed by atoms with Crippen LogP contribution < -0.4 is 0 Å². The molecule has 3 heteroatoms. The molecule has 1 N–H and O–H groups in total. The van der Waals surface area contributed by atoms with Crippen molar-refractivity contribution in [2.75, 3.05) is 0 Å². The molecule has 0 bridgehead atoms. The van der Waals surface area contributed by atoms with Gasteiger partial charge in [-0.15, -0.1) is 5.16 Å². The molecule has 3 rings (SSSR count). The number of fused-ring (bicyclic) bond motifs is 1. The number of aromatic nitrogens is 1. The van der Waals surface area contributed by atoms with Gasteiger partial charge in [0.25, 0.3) is 0 Å². The van der Waals surface area contributed by atoms with Crippen LogP contribution in [-0.2, 0) is 5.41 Å². The Morgan fingerprint density at radius 3 is 2.89 bits per heavy atom. The van der Waals surface area contributed by atoms with Gasteiger partial charge in [-0.3, -0.25) is 4.98 Å². The minimum atomic E-state index is -0.468. The molecule has 0 spiro atoms. The molecule has 0 saturated heterocycles. The second kappa shape index (κ2) is 4.69. The first-order valence-electron chi connectivity index (χ1n) is 6.23. The molecule has 0 unspecified atom stereocenters. The summed E-state index contributed by atoms with van der Waals surface area (Å²) < 4.78 is 0. The van der Waals surface area contributed by atoms with Gasteiger partial charge in [0.1, 0.15) is 0 Å². The average molecular weight is 250 g/mol. The molecule has 94 valence electrons. The Bertz CT molecular complexity index is 683. The molecule has 3 nitrogen and oxygen atoms in total. The van der Waals surface area contributed by atoms with Gasteiger partial charge in [0.15, 0.2) is 0 Å². The molecule has 1 atom stereocenters. The SMILES string of the molecule is ON=C[C@]1(c2nccc3ccccc23)C=CC=CC1. The van der Waals surface area contributed by atoms with Crippen LogP contribution in [0.4, 0.5) is 0 Å².